The molecule has 0 radical (unpaired) electrons. The first kappa shape index (κ1) is 16.0. The standard InChI is InChI=1S/C16H22O4S/c1-3-12-7-8-14(10-15(12)16(17)18)21(19,20)13-6-4-5-11(2)9-13/h7-8,10-11,13H,3-6,9H2,1-2H3,(H,17,18). The molecule has 2 rings (SSSR count). The third-order valence-electron chi connectivity index (χ3n) is 4.35. The van der Waals surface area contributed by atoms with Gasteiger partial charge in [-0.1, -0.05) is 32.8 Å². The first-order chi connectivity index (χ1) is 9.86. The van der Waals surface area contributed by atoms with Crippen molar-refractivity contribution in [1.82, 2.24) is 0 Å². The third-order valence-corrected chi connectivity index (χ3v) is 6.57. The van der Waals surface area contributed by atoms with E-state index in [1.807, 2.05) is 6.92 Å². The minimum absolute atomic E-state index is 0.0995. The number of benzene rings is 1. The number of rotatable bonds is 4. The summed E-state index contributed by atoms with van der Waals surface area (Å²) in [5, 5.41) is 8.87. The Morgan fingerprint density at radius 2 is 2.05 bits per heavy atom. The number of carboxylic acid groups (broad SMARTS) is 1. The van der Waals surface area contributed by atoms with Crippen LogP contribution < -0.4 is 0 Å². The Balaban J connectivity index is 2.40. The van der Waals surface area contributed by atoms with Crippen LogP contribution >= 0.6 is 0 Å². The Labute approximate surface area is 126 Å². The predicted molar refractivity (Wildman–Crippen MR) is 81.4 cm³/mol. The molecule has 4 nitrogen and oxygen atoms in total. The molecule has 0 saturated heterocycles. The summed E-state index contributed by atoms with van der Waals surface area (Å²) in [6.07, 6.45) is 3.90. The number of aryl methyl sites for hydroxylation is 1. The number of carboxylic acids is 1. The zero-order valence-corrected chi connectivity index (χ0v) is 13.3. The summed E-state index contributed by atoms with van der Waals surface area (Å²) in [5.74, 6) is -0.659. The molecule has 1 aromatic carbocycles. The van der Waals surface area contributed by atoms with Gasteiger partial charge in [0.1, 0.15) is 0 Å². The van der Waals surface area contributed by atoms with Crippen molar-refractivity contribution in [3.8, 4) is 0 Å². The summed E-state index contributed by atoms with van der Waals surface area (Å²) in [6.45, 7) is 3.93. The second kappa shape index (κ2) is 6.18. The van der Waals surface area contributed by atoms with Crippen molar-refractivity contribution in [2.75, 3.05) is 0 Å². The predicted octanol–water partition coefficient (Wildman–Crippen LogP) is 3.30. The fraction of sp³-hybridized carbons (Fsp3) is 0.562. The van der Waals surface area contributed by atoms with E-state index in [0.29, 0.717) is 30.7 Å². The highest BCUT2D eigenvalue weighted by Crippen LogP contribution is 2.32. The lowest BCUT2D eigenvalue weighted by atomic mass is 9.91. The van der Waals surface area contributed by atoms with Crippen LogP contribution in [0.25, 0.3) is 0 Å². The normalized spacial score (nSPS) is 23.0. The SMILES string of the molecule is CCc1ccc(S(=O)(=O)C2CCCC(C)C2)cc1C(=O)O. The van der Waals surface area contributed by atoms with Crippen LogP contribution in [0.4, 0.5) is 0 Å². The Bertz CT molecular complexity index is 634. The molecule has 0 spiro atoms. The minimum atomic E-state index is -3.44. The van der Waals surface area contributed by atoms with E-state index in [1.165, 1.54) is 6.07 Å². The summed E-state index contributed by atoms with van der Waals surface area (Å²) in [4.78, 5) is 11.4. The van der Waals surface area contributed by atoms with E-state index < -0.39 is 15.8 Å². The van der Waals surface area contributed by atoms with Crippen LogP contribution in [0.1, 0.15) is 55.5 Å². The molecule has 0 heterocycles. The maximum Gasteiger partial charge on any atom is 0.336 e. The van der Waals surface area contributed by atoms with Gasteiger partial charge in [-0.3, -0.25) is 0 Å². The second-order valence-electron chi connectivity index (χ2n) is 5.92. The zero-order valence-electron chi connectivity index (χ0n) is 12.5. The van der Waals surface area contributed by atoms with Crippen molar-refractivity contribution >= 4 is 15.8 Å². The van der Waals surface area contributed by atoms with Crippen molar-refractivity contribution in [3.05, 3.63) is 29.3 Å². The molecular weight excluding hydrogens is 288 g/mol. The molecule has 2 atom stereocenters. The van der Waals surface area contributed by atoms with Crippen LogP contribution in [0, 0.1) is 5.92 Å². The molecule has 0 aliphatic heterocycles. The minimum Gasteiger partial charge on any atom is -0.478 e. The monoisotopic (exact) mass is 310 g/mol. The van der Waals surface area contributed by atoms with Gasteiger partial charge in [0.25, 0.3) is 0 Å². The van der Waals surface area contributed by atoms with Crippen LogP contribution in [0.5, 0.6) is 0 Å². The highest BCUT2D eigenvalue weighted by atomic mass is 32.2. The van der Waals surface area contributed by atoms with Gasteiger partial charge in [-0.15, -0.1) is 0 Å². The number of aromatic carboxylic acids is 1. The maximum absolute atomic E-state index is 12.7. The molecular formula is C16H22O4S. The lowest BCUT2D eigenvalue weighted by Crippen LogP contribution is -2.27. The molecule has 116 valence electrons. The van der Waals surface area contributed by atoms with Gasteiger partial charge in [-0.05, 0) is 42.9 Å². The van der Waals surface area contributed by atoms with Crippen molar-refractivity contribution < 1.29 is 18.3 Å². The fourth-order valence-electron chi connectivity index (χ4n) is 3.09. The summed E-state index contributed by atoms with van der Waals surface area (Å²) < 4.78 is 25.4. The maximum atomic E-state index is 12.7. The average molecular weight is 310 g/mol. The quantitative estimate of drug-likeness (QED) is 0.926. The second-order valence-corrected chi connectivity index (χ2v) is 8.14. The van der Waals surface area contributed by atoms with E-state index in [-0.39, 0.29) is 15.7 Å². The van der Waals surface area contributed by atoms with Gasteiger partial charge in [-0.25, -0.2) is 13.2 Å². The van der Waals surface area contributed by atoms with Crippen LogP contribution in [-0.2, 0) is 16.3 Å². The number of hydrogen-bond acceptors (Lipinski definition) is 3. The van der Waals surface area contributed by atoms with Gasteiger partial charge in [-0.2, -0.15) is 0 Å². The summed E-state index contributed by atoms with van der Waals surface area (Å²) in [7, 11) is -3.44. The van der Waals surface area contributed by atoms with E-state index in [9.17, 15) is 18.3 Å². The third kappa shape index (κ3) is 3.28. The summed E-state index contributed by atoms with van der Waals surface area (Å²) in [5.41, 5.74) is 0.765. The first-order valence-corrected chi connectivity index (χ1v) is 9.01. The van der Waals surface area contributed by atoms with Crippen LogP contribution in [0.2, 0.25) is 0 Å². The van der Waals surface area contributed by atoms with Gasteiger partial charge in [0.15, 0.2) is 9.84 Å². The molecule has 0 aromatic heterocycles. The van der Waals surface area contributed by atoms with E-state index in [0.717, 1.165) is 12.8 Å². The van der Waals surface area contributed by atoms with Gasteiger partial charge in [0, 0.05) is 0 Å². The molecule has 0 bridgehead atoms. The Morgan fingerprint density at radius 1 is 1.33 bits per heavy atom. The molecule has 0 amide bonds. The van der Waals surface area contributed by atoms with Crippen molar-refractivity contribution in [1.29, 1.82) is 0 Å². The Hall–Kier alpha value is -1.36. The molecule has 5 heteroatoms. The van der Waals surface area contributed by atoms with Crippen molar-refractivity contribution in [2.24, 2.45) is 5.92 Å². The highest BCUT2D eigenvalue weighted by molar-refractivity contribution is 7.92. The van der Waals surface area contributed by atoms with Gasteiger partial charge in [0.2, 0.25) is 0 Å². The first-order valence-electron chi connectivity index (χ1n) is 7.46. The summed E-state index contributed by atoms with van der Waals surface area (Å²) >= 11 is 0. The highest BCUT2D eigenvalue weighted by Gasteiger charge is 2.32. The average Bonchev–Trinajstić information content (AvgIpc) is 2.46. The lowest BCUT2D eigenvalue weighted by molar-refractivity contribution is 0.0695. The van der Waals surface area contributed by atoms with Gasteiger partial charge < -0.3 is 5.11 Å². The van der Waals surface area contributed by atoms with Gasteiger partial charge in [0.05, 0.1) is 15.7 Å². The topological polar surface area (TPSA) is 71.4 Å². The molecule has 1 aromatic rings. The van der Waals surface area contributed by atoms with E-state index in [2.05, 4.69) is 6.92 Å². The Morgan fingerprint density at radius 3 is 2.62 bits per heavy atom. The van der Waals surface area contributed by atoms with E-state index in [4.69, 9.17) is 0 Å². The number of carbonyl (C=O) groups is 1. The molecule has 1 N–H and O–H groups in total. The smallest absolute Gasteiger partial charge is 0.336 e. The van der Waals surface area contributed by atoms with Crippen LogP contribution in [-0.4, -0.2) is 24.7 Å². The number of hydrogen-bond donors (Lipinski definition) is 1. The van der Waals surface area contributed by atoms with E-state index >= 15 is 0 Å². The molecule has 21 heavy (non-hydrogen) atoms. The number of sulfone groups is 1. The summed E-state index contributed by atoms with van der Waals surface area (Å²) in [6, 6.07) is 4.51. The molecule has 1 fully saturated rings. The van der Waals surface area contributed by atoms with Crippen LogP contribution in [0.3, 0.4) is 0 Å². The lowest BCUT2D eigenvalue weighted by Gasteiger charge is -2.26. The largest absolute Gasteiger partial charge is 0.478 e. The molecule has 1 saturated carbocycles. The van der Waals surface area contributed by atoms with Crippen molar-refractivity contribution in [2.45, 2.75) is 56.1 Å². The zero-order chi connectivity index (χ0) is 15.6. The van der Waals surface area contributed by atoms with E-state index in [1.54, 1.807) is 12.1 Å². The molecule has 1 aliphatic rings. The fourth-order valence-corrected chi connectivity index (χ4v) is 5.08. The molecule has 1 aliphatic carbocycles. The Kier molecular flexibility index (Phi) is 4.71. The van der Waals surface area contributed by atoms with Crippen LogP contribution in [0.15, 0.2) is 23.1 Å². The van der Waals surface area contributed by atoms with Crippen molar-refractivity contribution in [3.63, 3.8) is 0 Å². The van der Waals surface area contributed by atoms with Gasteiger partial charge >= 0.3 is 5.97 Å². The molecule has 2 unspecified atom stereocenters.